The lowest BCUT2D eigenvalue weighted by atomic mass is 10.4. The number of aromatic nitrogens is 3. The highest BCUT2D eigenvalue weighted by Crippen LogP contribution is 2.30. The van der Waals surface area contributed by atoms with Crippen molar-refractivity contribution in [2.24, 2.45) is 0 Å². The number of anilines is 2. The molecular formula is C13H18N6O3S. The van der Waals surface area contributed by atoms with Crippen LogP contribution in [0.25, 0.3) is 0 Å². The number of ether oxygens (including phenoxy) is 1. The van der Waals surface area contributed by atoms with Gasteiger partial charge < -0.3 is 15.4 Å². The highest BCUT2D eigenvalue weighted by molar-refractivity contribution is 8.04. The maximum atomic E-state index is 12.0. The molecule has 0 aromatic carbocycles. The van der Waals surface area contributed by atoms with E-state index in [0.29, 0.717) is 16.8 Å². The van der Waals surface area contributed by atoms with Gasteiger partial charge in [0.05, 0.1) is 30.0 Å². The second kappa shape index (κ2) is 7.27. The molecule has 0 spiro atoms. The number of carbonyl (C=O) groups is 2. The zero-order valence-corrected chi connectivity index (χ0v) is 14.0. The van der Waals surface area contributed by atoms with Gasteiger partial charge in [-0.2, -0.15) is 15.0 Å². The summed E-state index contributed by atoms with van der Waals surface area (Å²) >= 11 is 1.27. The number of rotatable bonds is 5. The van der Waals surface area contributed by atoms with E-state index in [-0.39, 0.29) is 30.8 Å². The summed E-state index contributed by atoms with van der Waals surface area (Å²) in [4.78, 5) is 39.1. The van der Waals surface area contributed by atoms with Crippen LogP contribution in [0.1, 0.15) is 12.7 Å². The molecule has 2 N–H and O–H groups in total. The first-order chi connectivity index (χ1) is 10.9. The van der Waals surface area contributed by atoms with E-state index in [4.69, 9.17) is 10.5 Å². The first-order valence-corrected chi connectivity index (χ1v) is 7.88. The largest absolute Gasteiger partial charge is 0.463 e. The van der Waals surface area contributed by atoms with E-state index in [1.807, 2.05) is 0 Å². The Hall–Kier alpha value is -2.36. The number of amides is 1. The number of thioether (sulfide) groups is 1. The van der Waals surface area contributed by atoms with Gasteiger partial charge >= 0.3 is 5.97 Å². The van der Waals surface area contributed by atoms with Crippen LogP contribution in [0.3, 0.4) is 0 Å². The van der Waals surface area contributed by atoms with Gasteiger partial charge in [-0.05, 0) is 6.92 Å². The van der Waals surface area contributed by atoms with Gasteiger partial charge in [0.2, 0.25) is 17.8 Å². The van der Waals surface area contributed by atoms with E-state index < -0.39 is 5.97 Å². The fraction of sp³-hybridized carbons (Fsp3) is 0.462. The predicted octanol–water partition coefficient (Wildman–Crippen LogP) is -0.000300. The molecule has 1 aromatic rings. The summed E-state index contributed by atoms with van der Waals surface area (Å²) < 4.78 is 4.87. The normalized spacial score (nSPS) is 16.0. The van der Waals surface area contributed by atoms with Gasteiger partial charge in [-0.3, -0.25) is 9.69 Å². The number of hydrogen-bond donors (Lipinski definition) is 1. The Morgan fingerprint density at radius 1 is 1.43 bits per heavy atom. The summed E-state index contributed by atoms with van der Waals surface area (Å²) in [5.41, 5.74) is 5.67. The lowest BCUT2D eigenvalue weighted by molar-refractivity contribution is -0.137. The van der Waals surface area contributed by atoms with E-state index in [0.717, 1.165) is 0 Å². The number of nitrogens with two attached hydrogens (primary N) is 1. The van der Waals surface area contributed by atoms with Crippen LogP contribution < -0.4 is 10.6 Å². The van der Waals surface area contributed by atoms with Crippen LogP contribution in [0.15, 0.2) is 11.1 Å². The summed E-state index contributed by atoms with van der Waals surface area (Å²) in [5.74, 6) is 0.477. The van der Waals surface area contributed by atoms with Crippen molar-refractivity contribution in [1.82, 2.24) is 19.9 Å². The van der Waals surface area contributed by atoms with E-state index in [9.17, 15) is 9.59 Å². The SMILES string of the molecule is CCOC(=O)C=C1SCC(=O)N1Cc1nc(N)nc(N(C)C)n1. The zero-order valence-electron chi connectivity index (χ0n) is 13.1. The van der Waals surface area contributed by atoms with Crippen molar-refractivity contribution in [1.29, 1.82) is 0 Å². The Bertz CT molecular complexity index is 649. The van der Waals surface area contributed by atoms with Crippen LogP contribution in [0.2, 0.25) is 0 Å². The second-order valence-corrected chi connectivity index (χ2v) is 5.80. The standard InChI is InChI=1S/C13H18N6O3S/c1-4-22-11(21)5-10-19(9(20)7-23-10)6-8-15-12(14)17-13(16-8)18(2)3/h5H,4,6-7H2,1-3H3,(H2,14,15,16,17). The molecule has 124 valence electrons. The fourth-order valence-corrected chi connectivity index (χ4v) is 2.75. The number of carbonyl (C=O) groups excluding carboxylic acids is 2. The Labute approximate surface area is 137 Å². The average molecular weight is 338 g/mol. The van der Waals surface area contributed by atoms with Gasteiger partial charge in [-0.15, -0.1) is 0 Å². The molecule has 1 aliphatic rings. The Balaban J connectivity index is 2.23. The zero-order chi connectivity index (χ0) is 17.0. The Kier molecular flexibility index (Phi) is 5.37. The molecular weight excluding hydrogens is 320 g/mol. The van der Waals surface area contributed by atoms with Crippen LogP contribution in [0.4, 0.5) is 11.9 Å². The number of nitrogen functional groups attached to an aromatic ring is 1. The molecule has 2 rings (SSSR count). The van der Waals surface area contributed by atoms with Crippen LogP contribution >= 0.6 is 11.8 Å². The van der Waals surface area contributed by atoms with E-state index in [2.05, 4.69) is 15.0 Å². The topological polar surface area (TPSA) is 115 Å². The highest BCUT2D eigenvalue weighted by atomic mass is 32.2. The van der Waals surface area contributed by atoms with Gasteiger partial charge in [-0.1, -0.05) is 11.8 Å². The number of nitrogens with zero attached hydrogens (tertiary/aromatic N) is 5. The number of esters is 1. The van der Waals surface area contributed by atoms with E-state index in [1.165, 1.54) is 22.7 Å². The van der Waals surface area contributed by atoms with Crippen molar-refractivity contribution in [3.05, 3.63) is 16.9 Å². The lowest BCUT2D eigenvalue weighted by Gasteiger charge is -2.17. The minimum atomic E-state index is -0.487. The van der Waals surface area contributed by atoms with Crippen molar-refractivity contribution in [3.63, 3.8) is 0 Å². The van der Waals surface area contributed by atoms with Crippen molar-refractivity contribution in [2.45, 2.75) is 13.5 Å². The number of hydrogen-bond acceptors (Lipinski definition) is 9. The highest BCUT2D eigenvalue weighted by Gasteiger charge is 2.28. The molecule has 1 aromatic heterocycles. The van der Waals surface area contributed by atoms with Crippen molar-refractivity contribution in [2.75, 3.05) is 37.1 Å². The quantitative estimate of drug-likeness (QED) is 0.585. The minimum Gasteiger partial charge on any atom is -0.463 e. The lowest BCUT2D eigenvalue weighted by Crippen LogP contribution is -2.26. The minimum absolute atomic E-state index is 0.0777. The molecule has 0 bridgehead atoms. The first-order valence-electron chi connectivity index (χ1n) is 6.90. The molecule has 1 fully saturated rings. The smallest absolute Gasteiger partial charge is 0.333 e. The van der Waals surface area contributed by atoms with Gasteiger partial charge in [0, 0.05) is 14.1 Å². The summed E-state index contributed by atoms with van der Waals surface area (Å²) in [6.45, 7) is 2.11. The molecule has 0 aliphatic carbocycles. The van der Waals surface area contributed by atoms with Gasteiger partial charge in [-0.25, -0.2) is 4.79 Å². The third kappa shape index (κ3) is 4.31. The summed E-state index contributed by atoms with van der Waals surface area (Å²) in [7, 11) is 3.56. The average Bonchev–Trinajstić information content (AvgIpc) is 2.80. The fourth-order valence-electron chi connectivity index (χ4n) is 1.82. The maximum Gasteiger partial charge on any atom is 0.333 e. The summed E-state index contributed by atoms with van der Waals surface area (Å²) in [6, 6.07) is 0. The molecule has 1 aliphatic heterocycles. The third-order valence-corrected chi connectivity index (χ3v) is 3.85. The molecule has 1 saturated heterocycles. The summed E-state index contributed by atoms with van der Waals surface area (Å²) in [6.07, 6.45) is 1.30. The maximum absolute atomic E-state index is 12.0. The van der Waals surface area contributed by atoms with Crippen molar-refractivity contribution < 1.29 is 14.3 Å². The van der Waals surface area contributed by atoms with E-state index >= 15 is 0 Å². The molecule has 9 nitrogen and oxygen atoms in total. The van der Waals surface area contributed by atoms with Gasteiger partial charge in [0.15, 0.2) is 5.82 Å². The molecule has 0 saturated carbocycles. The molecule has 10 heteroatoms. The molecule has 0 atom stereocenters. The van der Waals surface area contributed by atoms with Crippen LogP contribution in [-0.2, 0) is 20.9 Å². The van der Waals surface area contributed by atoms with Gasteiger partial charge in [0.25, 0.3) is 0 Å². The molecule has 0 unspecified atom stereocenters. The third-order valence-electron chi connectivity index (χ3n) is 2.83. The molecule has 23 heavy (non-hydrogen) atoms. The van der Waals surface area contributed by atoms with Gasteiger partial charge in [0.1, 0.15) is 0 Å². The van der Waals surface area contributed by atoms with E-state index in [1.54, 1.807) is 25.9 Å². The first kappa shape index (κ1) is 17.0. The molecule has 2 heterocycles. The summed E-state index contributed by atoms with van der Waals surface area (Å²) in [5, 5.41) is 0.513. The Morgan fingerprint density at radius 2 is 2.17 bits per heavy atom. The second-order valence-electron chi connectivity index (χ2n) is 4.81. The van der Waals surface area contributed by atoms with Crippen molar-refractivity contribution in [3.8, 4) is 0 Å². The van der Waals surface area contributed by atoms with Crippen LogP contribution in [0.5, 0.6) is 0 Å². The molecule has 0 radical (unpaired) electrons. The van der Waals surface area contributed by atoms with Crippen molar-refractivity contribution >= 4 is 35.5 Å². The predicted molar refractivity (Wildman–Crippen MR) is 86.3 cm³/mol. The Morgan fingerprint density at radius 3 is 2.83 bits per heavy atom. The monoisotopic (exact) mass is 338 g/mol. The molecule has 1 amide bonds. The van der Waals surface area contributed by atoms with Crippen LogP contribution in [-0.4, -0.2) is 58.2 Å². The van der Waals surface area contributed by atoms with Crippen LogP contribution in [0, 0.1) is 0 Å².